The molecule has 2 aromatic rings. The second kappa shape index (κ2) is 8.36. The predicted octanol–water partition coefficient (Wildman–Crippen LogP) is 4.12. The van der Waals surface area contributed by atoms with Gasteiger partial charge in [0.1, 0.15) is 13.2 Å². The van der Waals surface area contributed by atoms with E-state index in [1.54, 1.807) is 0 Å². The van der Waals surface area contributed by atoms with Crippen molar-refractivity contribution in [3.8, 4) is 11.5 Å². The first-order valence-electron chi connectivity index (χ1n) is 9.92. The molecule has 30 heavy (non-hydrogen) atoms. The molecule has 0 bridgehead atoms. The van der Waals surface area contributed by atoms with Gasteiger partial charge in [-0.05, 0) is 50.7 Å². The van der Waals surface area contributed by atoms with Gasteiger partial charge in [0.2, 0.25) is 0 Å². The summed E-state index contributed by atoms with van der Waals surface area (Å²) in [7, 11) is 0. The van der Waals surface area contributed by atoms with Gasteiger partial charge >= 0.3 is 5.97 Å². The molecule has 6 nitrogen and oxygen atoms in total. The van der Waals surface area contributed by atoms with Crippen LogP contribution in [-0.4, -0.2) is 30.4 Å². The van der Waals surface area contributed by atoms with Gasteiger partial charge in [-0.25, -0.2) is 4.79 Å². The first kappa shape index (κ1) is 20.2. The quantitative estimate of drug-likeness (QED) is 0.585. The van der Waals surface area contributed by atoms with Crippen LogP contribution in [0.5, 0.6) is 11.5 Å². The monoisotopic (exact) mass is 424 g/mol. The molecule has 0 saturated carbocycles. The molecule has 1 N–H and O–H groups in total. The summed E-state index contributed by atoms with van der Waals surface area (Å²) in [5.41, 5.74) is 2.97. The summed E-state index contributed by atoms with van der Waals surface area (Å²) in [6, 6.07) is 15.0. The molecule has 156 valence electrons. The van der Waals surface area contributed by atoms with Gasteiger partial charge in [-0.2, -0.15) is 0 Å². The molecule has 2 heterocycles. The van der Waals surface area contributed by atoms with Gasteiger partial charge in [0.05, 0.1) is 23.4 Å². The molecule has 1 atom stereocenters. The number of fused-ring (bicyclic) bond motifs is 1. The average molecular weight is 425 g/mol. The lowest BCUT2D eigenvalue weighted by atomic mass is 9.94. The Morgan fingerprint density at radius 2 is 1.83 bits per heavy atom. The summed E-state index contributed by atoms with van der Waals surface area (Å²) >= 11 is 5.70. The molecule has 0 unspecified atom stereocenters. The van der Waals surface area contributed by atoms with Gasteiger partial charge in [-0.1, -0.05) is 30.3 Å². The Hall–Kier alpha value is -3.06. The zero-order valence-electron chi connectivity index (χ0n) is 17.2. The Labute approximate surface area is 181 Å². The third-order valence-corrected chi connectivity index (χ3v) is 5.26. The van der Waals surface area contributed by atoms with Crippen LogP contribution in [0, 0.1) is 0 Å². The lowest BCUT2D eigenvalue weighted by Crippen LogP contribution is -2.48. The summed E-state index contributed by atoms with van der Waals surface area (Å²) in [5, 5.41) is 3.82. The Balaban J connectivity index is 1.80. The van der Waals surface area contributed by atoms with Gasteiger partial charge in [-0.3, -0.25) is 4.90 Å². The van der Waals surface area contributed by atoms with Crippen molar-refractivity contribution in [2.45, 2.75) is 32.9 Å². The molecular formula is C23H24N2O4S. The summed E-state index contributed by atoms with van der Waals surface area (Å²) in [4.78, 5) is 14.9. The van der Waals surface area contributed by atoms with Crippen LogP contribution in [0.25, 0.3) is 0 Å². The van der Waals surface area contributed by atoms with Crippen molar-refractivity contribution in [3.05, 3.63) is 65.4 Å². The number of carbonyl (C=O) groups is 1. The number of nitrogens with zero attached hydrogens (tertiary/aromatic N) is 1. The Bertz CT molecular complexity index is 1000. The predicted molar refractivity (Wildman–Crippen MR) is 119 cm³/mol. The minimum Gasteiger partial charge on any atom is -0.486 e. The molecule has 0 amide bonds. The van der Waals surface area contributed by atoms with Crippen LogP contribution in [-0.2, 0) is 9.53 Å². The van der Waals surface area contributed by atoms with E-state index in [2.05, 4.69) is 5.32 Å². The molecule has 0 spiro atoms. The van der Waals surface area contributed by atoms with Crippen LogP contribution < -0.4 is 19.7 Å². The van der Waals surface area contributed by atoms with Crippen LogP contribution in [0.2, 0.25) is 0 Å². The highest BCUT2D eigenvalue weighted by Gasteiger charge is 2.36. The third-order valence-electron chi connectivity index (χ3n) is 4.96. The molecule has 2 aromatic carbocycles. The van der Waals surface area contributed by atoms with E-state index in [0.29, 0.717) is 35.4 Å². The van der Waals surface area contributed by atoms with Gasteiger partial charge in [0, 0.05) is 11.8 Å². The van der Waals surface area contributed by atoms with E-state index in [-0.39, 0.29) is 12.1 Å². The number of allylic oxidation sites excluding steroid dienone is 1. The molecule has 0 aliphatic carbocycles. The molecule has 2 aliphatic rings. The first-order valence-corrected chi connectivity index (χ1v) is 10.3. The number of hydrogen-bond acceptors (Lipinski definition) is 5. The lowest BCUT2D eigenvalue weighted by Gasteiger charge is -2.38. The number of thiocarbonyl (C=S) groups is 1. The smallest absolute Gasteiger partial charge is 0.338 e. The summed E-state index contributed by atoms with van der Waals surface area (Å²) < 4.78 is 16.9. The molecule has 4 rings (SSSR count). The Morgan fingerprint density at radius 1 is 1.13 bits per heavy atom. The van der Waals surface area contributed by atoms with Crippen molar-refractivity contribution in [2.75, 3.05) is 18.1 Å². The second-order valence-electron chi connectivity index (χ2n) is 7.41. The number of ether oxygens (including phenoxy) is 3. The van der Waals surface area contributed by atoms with E-state index in [1.807, 2.05) is 74.2 Å². The minimum atomic E-state index is -0.390. The van der Waals surface area contributed by atoms with E-state index in [4.69, 9.17) is 26.4 Å². The second-order valence-corrected chi connectivity index (χ2v) is 7.80. The number of esters is 1. The maximum Gasteiger partial charge on any atom is 0.338 e. The fourth-order valence-electron chi connectivity index (χ4n) is 3.66. The number of carbonyl (C=O) groups excluding carboxylic acids is 1. The number of rotatable bonds is 4. The van der Waals surface area contributed by atoms with Gasteiger partial charge in [0.25, 0.3) is 0 Å². The molecule has 0 fully saturated rings. The minimum absolute atomic E-state index is 0.231. The largest absolute Gasteiger partial charge is 0.486 e. The van der Waals surface area contributed by atoms with Crippen molar-refractivity contribution < 1.29 is 19.0 Å². The Kier molecular flexibility index (Phi) is 5.63. The summed E-state index contributed by atoms with van der Waals surface area (Å²) in [5.74, 6) is 0.990. The fraction of sp³-hybridized carbons (Fsp3) is 0.304. The van der Waals surface area contributed by atoms with Crippen molar-refractivity contribution in [1.82, 2.24) is 5.32 Å². The SMILES string of the molecule is CC1=C(C(=O)OC(C)C)[C@H](c2ccccc2)NC(=S)N1c1ccc2c(c1)OCCO2. The zero-order chi connectivity index (χ0) is 21.3. The van der Waals surface area contributed by atoms with Crippen LogP contribution in [0.1, 0.15) is 32.4 Å². The standard InChI is InChI=1S/C23H24N2O4S/c1-14(2)29-22(26)20-15(3)25(17-9-10-18-19(13-17)28-12-11-27-18)23(30)24-21(20)16-7-5-4-6-8-16/h4-10,13-14,21H,11-12H2,1-3H3,(H,24,30)/t21-/m0/s1. The lowest BCUT2D eigenvalue weighted by molar-refractivity contribution is -0.143. The highest BCUT2D eigenvalue weighted by Crippen LogP contribution is 2.38. The first-order chi connectivity index (χ1) is 14.5. The molecule has 0 saturated heterocycles. The van der Waals surface area contributed by atoms with Crippen LogP contribution in [0.3, 0.4) is 0 Å². The van der Waals surface area contributed by atoms with Crippen LogP contribution >= 0.6 is 12.2 Å². The van der Waals surface area contributed by atoms with Gasteiger partial charge in [0.15, 0.2) is 16.6 Å². The van der Waals surface area contributed by atoms with Crippen molar-refractivity contribution >= 4 is 29.0 Å². The summed E-state index contributed by atoms with van der Waals surface area (Å²) in [6.45, 7) is 6.58. The zero-order valence-corrected chi connectivity index (χ0v) is 18.0. The number of nitrogens with one attached hydrogen (secondary N) is 1. The highest BCUT2D eigenvalue weighted by atomic mass is 32.1. The maximum atomic E-state index is 13.1. The third kappa shape index (κ3) is 3.85. The molecule has 7 heteroatoms. The molecule has 0 aromatic heterocycles. The average Bonchev–Trinajstić information content (AvgIpc) is 2.73. The van der Waals surface area contributed by atoms with E-state index < -0.39 is 6.04 Å². The number of anilines is 1. The number of hydrogen-bond donors (Lipinski definition) is 1. The topological polar surface area (TPSA) is 60.0 Å². The van der Waals surface area contributed by atoms with Crippen molar-refractivity contribution in [2.24, 2.45) is 0 Å². The number of benzene rings is 2. The normalized spacial score (nSPS) is 18.3. The highest BCUT2D eigenvalue weighted by molar-refractivity contribution is 7.80. The van der Waals surface area contributed by atoms with E-state index >= 15 is 0 Å². The van der Waals surface area contributed by atoms with Crippen molar-refractivity contribution in [3.63, 3.8) is 0 Å². The van der Waals surface area contributed by atoms with Crippen LogP contribution in [0.4, 0.5) is 5.69 Å². The van der Waals surface area contributed by atoms with E-state index in [0.717, 1.165) is 16.9 Å². The summed E-state index contributed by atoms with van der Waals surface area (Å²) in [6.07, 6.45) is -0.231. The van der Waals surface area contributed by atoms with Gasteiger partial charge < -0.3 is 19.5 Å². The van der Waals surface area contributed by atoms with E-state index in [1.165, 1.54) is 0 Å². The molecule has 2 aliphatic heterocycles. The van der Waals surface area contributed by atoms with Gasteiger partial charge in [-0.15, -0.1) is 0 Å². The molecular weight excluding hydrogens is 400 g/mol. The maximum absolute atomic E-state index is 13.1. The fourth-order valence-corrected chi connectivity index (χ4v) is 4.02. The van der Waals surface area contributed by atoms with E-state index in [9.17, 15) is 4.79 Å². The van der Waals surface area contributed by atoms with Crippen molar-refractivity contribution in [1.29, 1.82) is 0 Å². The Morgan fingerprint density at radius 3 is 2.53 bits per heavy atom. The van der Waals surface area contributed by atoms with Crippen LogP contribution in [0.15, 0.2) is 59.8 Å². The molecule has 0 radical (unpaired) electrons.